The molecule has 4 rings (SSSR count). The summed E-state index contributed by atoms with van der Waals surface area (Å²) in [6, 6.07) is 13.0. The second-order valence-electron chi connectivity index (χ2n) is 5.83. The number of aromatic nitrogens is 2. The largest absolute Gasteiger partial charge is 0.283 e. The zero-order chi connectivity index (χ0) is 18.8. The molecule has 4 aromatic rings. The van der Waals surface area contributed by atoms with Crippen LogP contribution >= 0.6 is 45.9 Å². The summed E-state index contributed by atoms with van der Waals surface area (Å²) < 4.78 is 1.62. The van der Waals surface area contributed by atoms with Crippen molar-refractivity contribution in [2.45, 2.75) is 13.0 Å². The molecule has 136 valence electrons. The number of benzene rings is 1. The number of thiophene rings is 1. The summed E-state index contributed by atoms with van der Waals surface area (Å²) in [4.78, 5) is 24.5. The van der Waals surface area contributed by atoms with Gasteiger partial charge in [-0.05, 0) is 42.0 Å². The van der Waals surface area contributed by atoms with Crippen molar-refractivity contribution in [1.29, 1.82) is 0 Å². The van der Waals surface area contributed by atoms with Crippen LogP contribution in [-0.2, 0) is 17.8 Å². The van der Waals surface area contributed by atoms with Gasteiger partial charge in [0, 0.05) is 22.3 Å². The first kappa shape index (κ1) is 18.4. The van der Waals surface area contributed by atoms with Crippen LogP contribution in [-0.4, -0.2) is 15.9 Å². The molecule has 3 aromatic heterocycles. The Hall–Kier alpha value is -1.99. The minimum Gasteiger partial charge on any atom is -0.283 e. The molecule has 0 aliphatic carbocycles. The van der Waals surface area contributed by atoms with Gasteiger partial charge in [-0.2, -0.15) is 0 Å². The second-order valence-corrected chi connectivity index (χ2v) is 9.08. The lowest BCUT2D eigenvalue weighted by Gasteiger charge is -2.19. The third-order valence-corrected chi connectivity index (χ3v) is 6.40. The SMILES string of the molecule is O=C(Cc1ccc(Cl)s1)N(Cc1cccnc1)c1nc2ccc(Cl)cc2s1. The highest BCUT2D eigenvalue weighted by molar-refractivity contribution is 7.22. The number of rotatable bonds is 5. The van der Waals surface area contributed by atoms with Crippen molar-refractivity contribution in [3.63, 3.8) is 0 Å². The highest BCUT2D eigenvalue weighted by Crippen LogP contribution is 2.32. The van der Waals surface area contributed by atoms with Gasteiger partial charge in [0.1, 0.15) is 0 Å². The molecule has 0 atom stereocenters. The highest BCUT2D eigenvalue weighted by Gasteiger charge is 2.21. The standard InChI is InChI=1S/C19H13Cl2N3OS2/c20-13-3-5-15-16(8-13)27-19(23-15)24(11-12-2-1-7-22-10-12)18(25)9-14-4-6-17(21)26-14/h1-8,10H,9,11H2. The van der Waals surface area contributed by atoms with E-state index in [0.29, 0.717) is 21.0 Å². The fraction of sp³-hybridized carbons (Fsp3) is 0.105. The molecule has 0 aliphatic heterocycles. The number of pyridine rings is 1. The molecule has 0 bridgehead atoms. The number of hydrogen-bond donors (Lipinski definition) is 0. The molecule has 0 saturated carbocycles. The van der Waals surface area contributed by atoms with E-state index >= 15 is 0 Å². The quantitative estimate of drug-likeness (QED) is 0.397. The third-order valence-electron chi connectivity index (χ3n) is 3.89. The van der Waals surface area contributed by atoms with Gasteiger partial charge in [0.2, 0.25) is 5.91 Å². The molecule has 4 nitrogen and oxygen atoms in total. The zero-order valence-corrected chi connectivity index (χ0v) is 17.1. The number of nitrogens with zero attached hydrogens (tertiary/aromatic N) is 3. The van der Waals surface area contributed by atoms with Gasteiger partial charge < -0.3 is 0 Å². The minimum absolute atomic E-state index is 0.0393. The summed E-state index contributed by atoms with van der Waals surface area (Å²) in [6.07, 6.45) is 3.74. The summed E-state index contributed by atoms with van der Waals surface area (Å²) in [5.41, 5.74) is 1.76. The van der Waals surface area contributed by atoms with E-state index in [1.54, 1.807) is 29.4 Å². The summed E-state index contributed by atoms with van der Waals surface area (Å²) in [7, 11) is 0. The molecule has 3 heterocycles. The van der Waals surface area contributed by atoms with E-state index in [2.05, 4.69) is 9.97 Å². The first-order valence-electron chi connectivity index (χ1n) is 8.08. The van der Waals surface area contributed by atoms with E-state index in [0.717, 1.165) is 20.7 Å². The molecule has 27 heavy (non-hydrogen) atoms. The van der Waals surface area contributed by atoms with Crippen molar-refractivity contribution >= 4 is 67.1 Å². The maximum absolute atomic E-state index is 13.1. The summed E-state index contributed by atoms with van der Waals surface area (Å²) in [6.45, 7) is 0.402. The number of carbonyl (C=O) groups excluding carboxylic acids is 1. The minimum atomic E-state index is -0.0393. The molecule has 0 spiro atoms. The Balaban J connectivity index is 1.68. The van der Waals surface area contributed by atoms with E-state index in [1.165, 1.54) is 22.7 Å². The van der Waals surface area contributed by atoms with Gasteiger partial charge >= 0.3 is 0 Å². The van der Waals surface area contributed by atoms with Crippen LogP contribution in [0.3, 0.4) is 0 Å². The Bertz CT molecular complexity index is 1090. The summed E-state index contributed by atoms with van der Waals surface area (Å²) in [5, 5.41) is 1.29. The van der Waals surface area contributed by atoms with E-state index in [9.17, 15) is 4.79 Å². The Morgan fingerprint density at radius 1 is 1.11 bits per heavy atom. The van der Waals surface area contributed by atoms with E-state index in [1.807, 2.05) is 30.3 Å². The topological polar surface area (TPSA) is 46.1 Å². The number of thiazole rings is 1. The van der Waals surface area contributed by atoms with Gasteiger partial charge in [-0.3, -0.25) is 14.7 Å². The van der Waals surface area contributed by atoms with Gasteiger partial charge in [0.05, 0.1) is 27.5 Å². The molecule has 0 unspecified atom stereocenters. The molecule has 1 amide bonds. The third kappa shape index (κ3) is 4.30. The lowest BCUT2D eigenvalue weighted by atomic mass is 10.2. The Labute approximate surface area is 174 Å². The fourth-order valence-corrected chi connectivity index (χ4v) is 4.97. The second kappa shape index (κ2) is 7.94. The number of hydrogen-bond acceptors (Lipinski definition) is 5. The normalized spacial score (nSPS) is 11.0. The maximum atomic E-state index is 13.1. The smallest absolute Gasteiger partial charge is 0.234 e. The number of carbonyl (C=O) groups is 1. The average Bonchev–Trinajstić information content (AvgIpc) is 3.25. The summed E-state index contributed by atoms with van der Waals surface area (Å²) >= 11 is 15.0. The van der Waals surface area contributed by atoms with Crippen LogP contribution in [0.1, 0.15) is 10.4 Å². The van der Waals surface area contributed by atoms with Crippen LogP contribution in [0.5, 0.6) is 0 Å². The monoisotopic (exact) mass is 433 g/mol. The van der Waals surface area contributed by atoms with Gasteiger partial charge in [-0.25, -0.2) is 4.98 Å². The van der Waals surface area contributed by atoms with Crippen molar-refractivity contribution in [1.82, 2.24) is 9.97 Å². The van der Waals surface area contributed by atoms with Crippen molar-refractivity contribution in [2.24, 2.45) is 0 Å². The van der Waals surface area contributed by atoms with Gasteiger partial charge in [0.25, 0.3) is 0 Å². The molecular formula is C19H13Cl2N3OS2. The maximum Gasteiger partial charge on any atom is 0.234 e. The molecule has 1 aromatic carbocycles. The molecule has 8 heteroatoms. The summed E-state index contributed by atoms with van der Waals surface area (Å²) in [5.74, 6) is -0.0393. The van der Waals surface area contributed by atoms with Crippen LogP contribution < -0.4 is 4.90 Å². The zero-order valence-electron chi connectivity index (χ0n) is 13.9. The molecular weight excluding hydrogens is 421 g/mol. The van der Waals surface area contributed by atoms with Gasteiger partial charge in [-0.15, -0.1) is 11.3 Å². The molecule has 0 aliphatic rings. The van der Waals surface area contributed by atoms with Crippen molar-refractivity contribution in [3.05, 3.63) is 74.7 Å². The lowest BCUT2D eigenvalue weighted by Crippen LogP contribution is -2.31. The number of amides is 1. The van der Waals surface area contributed by atoms with Crippen LogP contribution in [0.4, 0.5) is 5.13 Å². The first-order valence-corrected chi connectivity index (χ1v) is 10.5. The van der Waals surface area contributed by atoms with Crippen molar-refractivity contribution in [2.75, 3.05) is 4.90 Å². The Morgan fingerprint density at radius 3 is 2.74 bits per heavy atom. The van der Waals surface area contributed by atoms with Crippen LogP contribution in [0.25, 0.3) is 10.2 Å². The molecule has 0 N–H and O–H groups in total. The van der Waals surface area contributed by atoms with Crippen LogP contribution in [0.15, 0.2) is 54.9 Å². The van der Waals surface area contributed by atoms with Crippen molar-refractivity contribution in [3.8, 4) is 0 Å². The van der Waals surface area contributed by atoms with Crippen molar-refractivity contribution < 1.29 is 4.79 Å². The predicted molar refractivity (Wildman–Crippen MR) is 113 cm³/mol. The average molecular weight is 434 g/mol. The molecule has 0 radical (unpaired) electrons. The fourth-order valence-electron chi connectivity index (χ4n) is 2.63. The van der Waals surface area contributed by atoms with Gasteiger partial charge in [0.15, 0.2) is 5.13 Å². The molecule has 0 fully saturated rings. The van der Waals surface area contributed by atoms with Crippen LogP contribution in [0, 0.1) is 0 Å². The van der Waals surface area contributed by atoms with Gasteiger partial charge in [-0.1, -0.05) is 40.6 Å². The number of halogens is 2. The molecule has 0 saturated heterocycles. The number of anilines is 1. The van der Waals surface area contributed by atoms with Crippen LogP contribution in [0.2, 0.25) is 9.36 Å². The highest BCUT2D eigenvalue weighted by atomic mass is 35.5. The Kier molecular flexibility index (Phi) is 5.41. The number of fused-ring (bicyclic) bond motifs is 1. The lowest BCUT2D eigenvalue weighted by molar-refractivity contribution is -0.118. The van der Waals surface area contributed by atoms with E-state index in [4.69, 9.17) is 23.2 Å². The van der Waals surface area contributed by atoms with E-state index in [-0.39, 0.29) is 12.3 Å². The van der Waals surface area contributed by atoms with E-state index < -0.39 is 0 Å². The predicted octanol–water partition coefficient (Wildman–Crippen LogP) is 5.84. The first-order chi connectivity index (χ1) is 13.1. The Morgan fingerprint density at radius 2 is 2.00 bits per heavy atom.